The molecule has 0 spiro atoms. The number of hydrogen-bond acceptors (Lipinski definition) is 5. The molecule has 2 aromatic carbocycles. The minimum atomic E-state index is -0.701. The van der Waals surface area contributed by atoms with Crippen LogP contribution in [0.4, 0.5) is 5.69 Å². The lowest BCUT2D eigenvalue weighted by atomic mass is 10.1. The molecule has 1 atom stereocenters. The number of nitrogens with one attached hydrogen (secondary N) is 2. The molecule has 0 fully saturated rings. The van der Waals surface area contributed by atoms with Gasteiger partial charge in [0.1, 0.15) is 0 Å². The summed E-state index contributed by atoms with van der Waals surface area (Å²) in [6, 6.07) is 16.7. The van der Waals surface area contributed by atoms with Crippen molar-refractivity contribution in [2.75, 3.05) is 5.32 Å². The highest BCUT2D eigenvalue weighted by Crippen LogP contribution is 2.20. The van der Waals surface area contributed by atoms with Crippen molar-refractivity contribution in [1.82, 2.24) is 15.5 Å². The number of anilines is 1. The van der Waals surface area contributed by atoms with E-state index in [4.69, 9.17) is 4.42 Å². The van der Waals surface area contributed by atoms with E-state index in [0.29, 0.717) is 17.5 Å². The largest absolute Gasteiger partial charge is 0.421 e. The van der Waals surface area contributed by atoms with Gasteiger partial charge in [0.25, 0.3) is 0 Å². The average Bonchev–Trinajstić information content (AvgIpc) is 3.14. The van der Waals surface area contributed by atoms with Gasteiger partial charge in [-0.05, 0) is 49.6 Å². The van der Waals surface area contributed by atoms with Crippen LogP contribution in [0.3, 0.4) is 0 Å². The van der Waals surface area contributed by atoms with Gasteiger partial charge < -0.3 is 15.1 Å². The maximum Gasteiger partial charge on any atom is 0.313 e. The first-order chi connectivity index (χ1) is 13.5. The fraction of sp³-hybridized carbons (Fsp3) is 0.238. The zero-order valence-electron chi connectivity index (χ0n) is 15.8. The second-order valence-corrected chi connectivity index (χ2v) is 6.56. The summed E-state index contributed by atoms with van der Waals surface area (Å²) in [4.78, 5) is 24.2. The maximum absolute atomic E-state index is 12.1. The molecule has 2 N–H and O–H groups in total. The molecule has 1 heterocycles. The second kappa shape index (κ2) is 8.94. The SMILES string of the molecule is Cc1nnc(-c2ccc(NC(=O)C(=O)NC(C)CCc3ccccc3)cc2)o1. The van der Waals surface area contributed by atoms with Crippen LogP contribution in [0.25, 0.3) is 11.5 Å². The Labute approximate surface area is 163 Å². The topological polar surface area (TPSA) is 97.1 Å². The molecule has 1 unspecified atom stereocenters. The third kappa shape index (κ3) is 5.26. The summed E-state index contributed by atoms with van der Waals surface area (Å²) in [7, 11) is 0. The Morgan fingerprint density at radius 1 is 1.00 bits per heavy atom. The van der Waals surface area contributed by atoms with Crippen molar-refractivity contribution in [2.24, 2.45) is 0 Å². The van der Waals surface area contributed by atoms with Crippen LogP contribution >= 0.6 is 0 Å². The van der Waals surface area contributed by atoms with Crippen LogP contribution in [0.2, 0.25) is 0 Å². The number of rotatable bonds is 6. The highest BCUT2D eigenvalue weighted by molar-refractivity contribution is 6.39. The van der Waals surface area contributed by atoms with E-state index < -0.39 is 11.8 Å². The van der Waals surface area contributed by atoms with Crippen LogP contribution in [0, 0.1) is 6.92 Å². The Balaban J connectivity index is 1.49. The molecule has 7 heteroatoms. The molecule has 1 aromatic heterocycles. The second-order valence-electron chi connectivity index (χ2n) is 6.56. The van der Waals surface area contributed by atoms with Crippen LogP contribution in [-0.4, -0.2) is 28.1 Å². The number of hydrogen-bond donors (Lipinski definition) is 2. The van der Waals surface area contributed by atoms with E-state index in [9.17, 15) is 9.59 Å². The van der Waals surface area contributed by atoms with Crippen molar-refractivity contribution >= 4 is 17.5 Å². The lowest BCUT2D eigenvalue weighted by molar-refractivity contribution is -0.136. The third-order valence-corrected chi connectivity index (χ3v) is 4.21. The average molecular weight is 378 g/mol. The third-order valence-electron chi connectivity index (χ3n) is 4.21. The molecule has 2 amide bonds. The van der Waals surface area contributed by atoms with E-state index in [1.54, 1.807) is 31.2 Å². The van der Waals surface area contributed by atoms with Gasteiger partial charge in [0.15, 0.2) is 0 Å². The van der Waals surface area contributed by atoms with Gasteiger partial charge >= 0.3 is 11.8 Å². The molecule has 0 aliphatic rings. The van der Waals surface area contributed by atoms with Gasteiger partial charge in [-0.3, -0.25) is 9.59 Å². The molecule has 28 heavy (non-hydrogen) atoms. The standard InChI is InChI=1S/C21H22N4O3/c1-14(8-9-16-6-4-3-5-7-16)22-19(26)20(27)23-18-12-10-17(11-13-18)21-25-24-15(2)28-21/h3-7,10-14H,8-9H2,1-2H3,(H,22,26)(H,23,27). The molecule has 3 aromatic rings. The smallest absolute Gasteiger partial charge is 0.313 e. The van der Waals surface area contributed by atoms with Gasteiger partial charge in [0.05, 0.1) is 0 Å². The summed E-state index contributed by atoms with van der Waals surface area (Å²) < 4.78 is 5.35. The fourth-order valence-corrected chi connectivity index (χ4v) is 2.69. The van der Waals surface area contributed by atoms with Gasteiger partial charge in [-0.2, -0.15) is 0 Å². The molecule has 7 nitrogen and oxygen atoms in total. The first-order valence-electron chi connectivity index (χ1n) is 9.07. The normalized spacial score (nSPS) is 11.6. The number of amides is 2. The van der Waals surface area contributed by atoms with Crippen molar-refractivity contribution in [3.8, 4) is 11.5 Å². The summed E-state index contributed by atoms with van der Waals surface area (Å²) in [6.45, 7) is 3.60. The van der Waals surface area contributed by atoms with Crippen LogP contribution in [0.1, 0.15) is 24.8 Å². The maximum atomic E-state index is 12.1. The molecule has 0 bridgehead atoms. The lowest BCUT2D eigenvalue weighted by Gasteiger charge is -2.13. The molecule has 0 aliphatic heterocycles. The minimum absolute atomic E-state index is 0.110. The predicted molar refractivity (Wildman–Crippen MR) is 105 cm³/mol. The summed E-state index contributed by atoms with van der Waals surface area (Å²) in [5.74, 6) is -0.476. The van der Waals surface area contributed by atoms with Gasteiger partial charge in [-0.25, -0.2) is 0 Å². The quantitative estimate of drug-likeness (QED) is 0.642. The number of carbonyl (C=O) groups excluding carboxylic acids is 2. The first kappa shape index (κ1) is 19.3. The highest BCUT2D eigenvalue weighted by Gasteiger charge is 2.16. The van der Waals surface area contributed by atoms with Crippen molar-refractivity contribution in [3.05, 3.63) is 66.1 Å². The summed E-state index contributed by atoms with van der Waals surface area (Å²) >= 11 is 0. The molecule has 0 saturated carbocycles. The number of carbonyl (C=O) groups is 2. The van der Waals surface area contributed by atoms with Crippen LogP contribution in [0.5, 0.6) is 0 Å². The van der Waals surface area contributed by atoms with Crippen molar-refractivity contribution in [3.63, 3.8) is 0 Å². The van der Waals surface area contributed by atoms with Gasteiger partial charge in [-0.1, -0.05) is 30.3 Å². The van der Waals surface area contributed by atoms with E-state index in [0.717, 1.165) is 18.4 Å². The number of aryl methyl sites for hydroxylation is 2. The first-order valence-corrected chi connectivity index (χ1v) is 9.07. The van der Waals surface area contributed by atoms with E-state index in [2.05, 4.69) is 20.8 Å². The van der Waals surface area contributed by atoms with Crippen molar-refractivity contribution in [1.29, 1.82) is 0 Å². The number of benzene rings is 2. The van der Waals surface area contributed by atoms with Gasteiger partial charge in [0, 0.05) is 24.2 Å². The Morgan fingerprint density at radius 2 is 1.71 bits per heavy atom. The zero-order chi connectivity index (χ0) is 19.9. The van der Waals surface area contributed by atoms with Gasteiger partial charge in [-0.15, -0.1) is 10.2 Å². The Hall–Kier alpha value is -3.48. The van der Waals surface area contributed by atoms with E-state index in [1.807, 2.05) is 37.3 Å². The Kier molecular flexibility index (Phi) is 6.16. The van der Waals surface area contributed by atoms with Crippen molar-refractivity contribution < 1.29 is 14.0 Å². The highest BCUT2D eigenvalue weighted by atomic mass is 16.4. The van der Waals surface area contributed by atoms with Crippen LogP contribution < -0.4 is 10.6 Å². The summed E-state index contributed by atoms with van der Waals surface area (Å²) in [5.41, 5.74) is 2.44. The van der Waals surface area contributed by atoms with E-state index in [-0.39, 0.29) is 6.04 Å². The molecule has 0 saturated heterocycles. The van der Waals surface area contributed by atoms with Crippen LogP contribution in [-0.2, 0) is 16.0 Å². The Bertz CT molecular complexity index is 936. The van der Waals surface area contributed by atoms with Gasteiger partial charge in [0.2, 0.25) is 11.8 Å². The Morgan fingerprint density at radius 3 is 2.36 bits per heavy atom. The molecule has 144 valence electrons. The molecule has 0 radical (unpaired) electrons. The summed E-state index contributed by atoms with van der Waals surface area (Å²) in [5, 5.41) is 13.0. The van der Waals surface area contributed by atoms with Crippen LogP contribution in [0.15, 0.2) is 59.0 Å². The van der Waals surface area contributed by atoms with E-state index >= 15 is 0 Å². The summed E-state index contributed by atoms with van der Waals surface area (Å²) in [6.07, 6.45) is 1.59. The number of nitrogens with zero attached hydrogens (tertiary/aromatic N) is 2. The number of aromatic nitrogens is 2. The van der Waals surface area contributed by atoms with E-state index in [1.165, 1.54) is 5.56 Å². The monoisotopic (exact) mass is 378 g/mol. The zero-order valence-corrected chi connectivity index (χ0v) is 15.8. The fourth-order valence-electron chi connectivity index (χ4n) is 2.69. The molecule has 3 rings (SSSR count). The minimum Gasteiger partial charge on any atom is -0.421 e. The molecular weight excluding hydrogens is 356 g/mol. The van der Waals surface area contributed by atoms with Crippen molar-refractivity contribution in [2.45, 2.75) is 32.7 Å². The lowest BCUT2D eigenvalue weighted by Crippen LogP contribution is -2.40. The predicted octanol–water partition coefficient (Wildman–Crippen LogP) is 3.12. The molecular formula is C21H22N4O3. The molecule has 0 aliphatic carbocycles.